The maximum absolute atomic E-state index is 13.4. The van der Waals surface area contributed by atoms with Gasteiger partial charge in [-0.1, -0.05) is 41.1 Å². The Hall–Kier alpha value is -3.75. The zero-order chi connectivity index (χ0) is 23.3. The van der Waals surface area contributed by atoms with E-state index in [0.717, 1.165) is 4.70 Å². The molecule has 3 aromatic heterocycles. The van der Waals surface area contributed by atoms with Crippen molar-refractivity contribution in [2.75, 3.05) is 7.11 Å². The third-order valence-electron chi connectivity index (χ3n) is 5.20. The maximum atomic E-state index is 13.4. The van der Waals surface area contributed by atoms with Crippen LogP contribution in [-0.2, 0) is 0 Å². The van der Waals surface area contributed by atoms with Crippen LogP contribution in [0.2, 0.25) is 5.02 Å². The molecule has 2 aromatic carbocycles. The van der Waals surface area contributed by atoms with Gasteiger partial charge in [-0.25, -0.2) is 4.98 Å². The lowest BCUT2D eigenvalue weighted by Gasteiger charge is -2.10. The van der Waals surface area contributed by atoms with Crippen molar-refractivity contribution in [1.82, 2.24) is 9.55 Å². The Kier molecular flexibility index (Phi) is 5.11. The monoisotopic (exact) mass is 480 g/mol. The highest BCUT2D eigenvalue weighted by Crippen LogP contribution is 2.46. The van der Waals surface area contributed by atoms with Crippen LogP contribution < -0.4 is 4.74 Å². The van der Waals surface area contributed by atoms with Gasteiger partial charge in [0, 0.05) is 5.56 Å². The molecule has 9 heteroatoms. The number of aromatic hydroxyl groups is 2. The predicted octanol–water partition coefficient (Wildman–Crippen LogP) is 5.96. The summed E-state index contributed by atoms with van der Waals surface area (Å²) in [6, 6.07) is 15.5. The molecule has 166 valence electrons. The van der Waals surface area contributed by atoms with Crippen LogP contribution in [0, 0.1) is 6.92 Å². The number of ether oxygens (including phenoxy) is 1. The first-order valence-electron chi connectivity index (χ1n) is 9.86. The summed E-state index contributed by atoms with van der Waals surface area (Å²) in [7, 11) is 1.53. The standard InChI is InChI=1S/C24H17ClN2O5S/c1-12-9-10-16(32-12)21(28)18-20(13-5-3-6-14(11-13)31-2)27(23(30)22(18)29)24-26-19-15(25)7-4-8-17(19)33-24/h3-11,29-30H,1-2H3. The minimum absolute atomic E-state index is 0.0384. The van der Waals surface area contributed by atoms with E-state index >= 15 is 0 Å². The highest BCUT2D eigenvalue weighted by Gasteiger charge is 2.32. The van der Waals surface area contributed by atoms with Crippen molar-refractivity contribution in [1.29, 1.82) is 0 Å². The minimum atomic E-state index is -0.577. The van der Waals surface area contributed by atoms with Crippen molar-refractivity contribution < 1.29 is 24.2 Å². The van der Waals surface area contributed by atoms with Crippen LogP contribution in [0.15, 0.2) is 59.0 Å². The minimum Gasteiger partial charge on any atom is -0.503 e. The summed E-state index contributed by atoms with van der Waals surface area (Å²) >= 11 is 7.56. The van der Waals surface area contributed by atoms with E-state index in [1.807, 2.05) is 6.07 Å². The van der Waals surface area contributed by atoms with Crippen molar-refractivity contribution in [3.8, 4) is 33.8 Å². The lowest BCUT2D eigenvalue weighted by Crippen LogP contribution is -2.04. The number of carbonyl (C=O) groups is 1. The number of benzene rings is 2. The van der Waals surface area contributed by atoms with Crippen molar-refractivity contribution >= 4 is 38.9 Å². The molecule has 0 aliphatic carbocycles. The van der Waals surface area contributed by atoms with Gasteiger partial charge < -0.3 is 19.4 Å². The summed E-state index contributed by atoms with van der Waals surface area (Å²) in [6.07, 6.45) is 0. The van der Waals surface area contributed by atoms with E-state index in [-0.39, 0.29) is 17.0 Å². The summed E-state index contributed by atoms with van der Waals surface area (Å²) in [5, 5.41) is 22.7. The number of hydrogen-bond donors (Lipinski definition) is 2. The molecule has 5 rings (SSSR count). The molecule has 7 nitrogen and oxygen atoms in total. The van der Waals surface area contributed by atoms with E-state index in [9.17, 15) is 15.0 Å². The molecule has 3 heterocycles. The molecule has 33 heavy (non-hydrogen) atoms. The van der Waals surface area contributed by atoms with Crippen LogP contribution in [0.1, 0.15) is 21.9 Å². The van der Waals surface area contributed by atoms with Gasteiger partial charge in [0.25, 0.3) is 0 Å². The van der Waals surface area contributed by atoms with Gasteiger partial charge in [0.05, 0.1) is 28.1 Å². The Labute approximate surface area is 197 Å². The predicted molar refractivity (Wildman–Crippen MR) is 126 cm³/mol. The van der Waals surface area contributed by atoms with E-state index in [1.54, 1.807) is 49.4 Å². The van der Waals surface area contributed by atoms with Crippen LogP contribution in [0.3, 0.4) is 0 Å². The molecule has 0 saturated heterocycles. The molecule has 0 aliphatic heterocycles. The maximum Gasteiger partial charge on any atom is 0.242 e. The molecule has 0 unspecified atom stereocenters. The third kappa shape index (κ3) is 3.44. The fourth-order valence-electron chi connectivity index (χ4n) is 3.67. The normalized spacial score (nSPS) is 11.2. The van der Waals surface area contributed by atoms with Gasteiger partial charge in [0.1, 0.15) is 17.0 Å². The van der Waals surface area contributed by atoms with Gasteiger partial charge in [-0.05, 0) is 43.3 Å². The highest BCUT2D eigenvalue weighted by molar-refractivity contribution is 7.21. The number of thiazole rings is 1. The number of nitrogens with zero attached hydrogens (tertiary/aromatic N) is 2. The number of hydrogen-bond acceptors (Lipinski definition) is 7. The molecule has 0 spiro atoms. The molecule has 0 amide bonds. The SMILES string of the molecule is COc1cccc(-c2c(C(=O)c3ccc(C)o3)c(O)c(O)n2-c2nc3c(Cl)cccc3s2)c1. The average Bonchev–Trinajstić information content (AvgIpc) is 3.50. The number of fused-ring (bicyclic) bond motifs is 1. The van der Waals surface area contributed by atoms with E-state index in [0.29, 0.717) is 32.7 Å². The number of para-hydroxylation sites is 1. The largest absolute Gasteiger partial charge is 0.503 e. The summed E-state index contributed by atoms with van der Waals surface area (Å²) in [5.41, 5.74) is 1.22. The number of rotatable bonds is 5. The zero-order valence-corrected chi connectivity index (χ0v) is 19.1. The molecular formula is C24H17ClN2O5S. The second-order valence-corrected chi connectivity index (χ2v) is 8.70. The summed E-state index contributed by atoms with van der Waals surface area (Å²) in [5.74, 6) is -0.543. The van der Waals surface area contributed by atoms with Crippen LogP contribution in [0.4, 0.5) is 0 Å². The summed E-state index contributed by atoms with van der Waals surface area (Å²) in [4.78, 5) is 18.0. The number of furan rings is 1. The Morgan fingerprint density at radius 3 is 2.64 bits per heavy atom. The van der Waals surface area contributed by atoms with Gasteiger partial charge in [-0.15, -0.1) is 0 Å². The van der Waals surface area contributed by atoms with Crippen molar-refractivity contribution in [2.45, 2.75) is 6.92 Å². The van der Waals surface area contributed by atoms with Gasteiger partial charge in [-0.3, -0.25) is 9.36 Å². The number of halogens is 1. The van der Waals surface area contributed by atoms with E-state index in [2.05, 4.69) is 4.98 Å². The zero-order valence-electron chi connectivity index (χ0n) is 17.5. The summed E-state index contributed by atoms with van der Waals surface area (Å²) < 4.78 is 13.0. The Morgan fingerprint density at radius 2 is 1.94 bits per heavy atom. The number of carbonyl (C=O) groups excluding carboxylic acids is 1. The van der Waals surface area contributed by atoms with E-state index in [1.165, 1.54) is 29.1 Å². The molecule has 0 fully saturated rings. The molecule has 0 bridgehead atoms. The van der Waals surface area contributed by atoms with Crippen LogP contribution >= 0.6 is 22.9 Å². The first-order chi connectivity index (χ1) is 15.9. The molecule has 0 radical (unpaired) electrons. The lowest BCUT2D eigenvalue weighted by molar-refractivity contribution is 0.101. The lowest BCUT2D eigenvalue weighted by atomic mass is 10.0. The van der Waals surface area contributed by atoms with Crippen molar-refractivity contribution in [3.63, 3.8) is 0 Å². The van der Waals surface area contributed by atoms with Crippen LogP contribution in [0.25, 0.3) is 26.6 Å². The van der Waals surface area contributed by atoms with Crippen molar-refractivity contribution in [2.24, 2.45) is 0 Å². The molecule has 2 N–H and O–H groups in total. The number of ketones is 1. The Bertz CT molecular complexity index is 1530. The second kappa shape index (κ2) is 7.99. The topological polar surface area (TPSA) is 97.7 Å². The molecule has 0 aliphatic rings. The van der Waals surface area contributed by atoms with Gasteiger partial charge in [0.2, 0.25) is 11.7 Å². The van der Waals surface area contributed by atoms with Crippen LogP contribution in [0.5, 0.6) is 17.4 Å². The fraction of sp³-hybridized carbons (Fsp3) is 0.0833. The number of aromatic nitrogens is 2. The number of methoxy groups -OCH3 is 1. The van der Waals surface area contributed by atoms with Gasteiger partial charge >= 0.3 is 0 Å². The molecular weight excluding hydrogens is 464 g/mol. The van der Waals surface area contributed by atoms with Gasteiger partial charge in [-0.2, -0.15) is 0 Å². The molecule has 5 aromatic rings. The fourth-order valence-corrected chi connectivity index (χ4v) is 4.95. The summed E-state index contributed by atoms with van der Waals surface area (Å²) in [6.45, 7) is 1.72. The molecule has 0 saturated carbocycles. The first-order valence-corrected chi connectivity index (χ1v) is 11.1. The number of aryl methyl sites for hydroxylation is 1. The molecule has 0 atom stereocenters. The average molecular weight is 481 g/mol. The van der Waals surface area contributed by atoms with Crippen LogP contribution in [-0.4, -0.2) is 32.7 Å². The highest BCUT2D eigenvalue weighted by atomic mass is 35.5. The van der Waals surface area contributed by atoms with Gasteiger partial charge in [0.15, 0.2) is 16.6 Å². The second-order valence-electron chi connectivity index (χ2n) is 7.29. The first kappa shape index (κ1) is 21.1. The van der Waals surface area contributed by atoms with Crippen molar-refractivity contribution in [3.05, 3.63) is 76.7 Å². The third-order valence-corrected chi connectivity index (χ3v) is 6.52. The van der Waals surface area contributed by atoms with E-state index in [4.69, 9.17) is 20.8 Å². The quantitative estimate of drug-likeness (QED) is 0.301. The van der Waals surface area contributed by atoms with E-state index < -0.39 is 17.4 Å². The Morgan fingerprint density at radius 1 is 1.15 bits per heavy atom. The Balaban J connectivity index is 1.83. The smallest absolute Gasteiger partial charge is 0.242 e.